The van der Waals surface area contributed by atoms with E-state index in [0.717, 1.165) is 22.0 Å². The smallest absolute Gasteiger partial charge is 0.264 e. The molecule has 0 heterocycles. The number of rotatable bonds is 7. The average molecular weight is 425 g/mol. The normalized spacial score (nSPS) is 10.5. The summed E-state index contributed by atoms with van der Waals surface area (Å²) < 4.78 is 5.87. The lowest BCUT2D eigenvalue weighted by Gasteiger charge is -2.18. The van der Waals surface area contributed by atoms with Crippen LogP contribution in [-0.4, -0.2) is 25.5 Å². The summed E-state index contributed by atoms with van der Waals surface area (Å²) in [7, 11) is 1.70. The lowest BCUT2D eigenvalue weighted by Crippen LogP contribution is -2.31. The fourth-order valence-electron chi connectivity index (χ4n) is 3.42. The number of hydrogen-bond donors (Lipinski definition) is 1. The first-order chi connectivity index (χ1) is 15.6. The highest BCUT2D eigenvalue weighted by Crippen LogP contribution is 2.26. The summed E-state index contributed by atoms with van der Waals surface area (Å²) in [6.45, 7) is 0.227. The molecule has 160 valence electrons. The number of hydrogen-bond acceptors (Lipinski definition) is 3. The van der Waals surface area contributed by atoms with Gasteiger partial charge in [-0.05, 0) is 40.6 Å². The third-order valence-electron chi connectivity index (χ3n) is 5.26. The van der Waals surface area contributed by atoms with E-state index in [4.69, 9.17) is 4.74 Å². The van der Waals surface area contributed by atoms with Crippen LogP contribution < -0.4 is 15.0 Å². The Morgan fingerprint density at radius 2 is 1.41 bits per heavy atom. The Labute approximate surface area is 187 Å². The maximum atomic E-state index is 13.0. The average Bonchev–Trinajstić information content (AvgIpc) is 2.86. The summed E-state index contributed by atoms with van der Waals surface area (Å²) in [5.74, 6) is -0.0810. The number of para-hydroxylation sites is 1. The van der Waals surface area contributed by atoms with Crippen molar-refractivity contribution in [3.63, 3.8) is 0 Å². The Morgan fingerprint density at radius 1 is 0.812 bits per heavy atom. The van der Waals surface area contributed by atoms with E-state index < -0.39 is 0 Å². The number of ether oxygens (including phenoxy) is 1. The standard InChI is InChI=1S/C27H24N2O3/c1-29(23-14-6-3-7-15-23)26(30)19-32-25-17-22-13-9-8-12-21(22)16-24(25)27(31)28-18-20-10-4-2-5-11-20/h2-17H,18-19H2,1H3,(H,28,31). The van der Waals surface area contributed by atoms with Crippen LogP contribution in [0, 0.1) is 0 Å². The van der Waals surface area contributed by atoms with Crippen LogP contribution in [0.3, 0.4) is 0 Å². The number of amides is 2. The van der Waals surface area contributed by atoms with Gasteiger partial charge in [-0.2, -0.15) is 0 Å². The number of carbonyl (C=O) groups is 2. The topological polar surface area (TPSA) is 58.6 Å². The molecule has 4 aromatic carbocycles. The molecule has 0 unspecified atom stereocenters. The van der Waals surface area contributed by atoms with E-state index in [1.807, 2.05) is 91.0 Å². The fraction of sp³-hybridized carbons (Fsp3) is 0.111. The second kappa shape index (κ2) is 9.79. The van der Waals surface area contributed by atoms with Gasteiger partial charge in [-0.3, -0.25) is 9.59 Å². The predicted octanol–water partition coefficient (Wildman–Crippen LogP) is 4.81. The molecule has 4 rings (SSSR count). The molecule has 5 heteroatoms. The SMILES string of the molecule is CN(C(=O)COc1cc2ccccc2cc1C(=O)NCc1ccccc1)c1ccccc1. The van der Waals surface area contributed by atoms with Crippen LogP contribution in [0.5, 0.6) is 5.75 Å². The third-order valence-corrected chi connectivity index (χ3v) is 5.26. The molecule has 2 amide bonds. The Bertz CT molecular complexity index is 1220. The van der Waals surface area contributed by atoms with Crippen LogP contribution in [0.4, 0.5) is 5.69 Å². The molecule has 0 radical (unpaired) electrons. The van der Waals surface area contributed by atoms with Crippen molar-refractivity contribution in [2.24, 2.45) is 0 Å². The highest BCUT2D eigenvalue weighted by Gasteiger charge is 2.17. The van der Waals surface area contributed by atoms with Crippen molar-refractivity contribution in [1.29, 1.82) is 0 Å². The first-order valence-corrected chi connectivity index (χ1v) is 10.4. The van der Waals surface area contributed by atoms with Gasteiger partial charge in [0.25, 0.3) is 11.8 Å². The van der Waals surface area contributed by atoms with Crippen LogP contribution in [0.2, 0.25) is 0 Å². The molecule has 5 nitrogen and oxygen atoms in total. The number of nitrogens with one attached hydrogen (secondary N) is 1. The molecule has 1 N–H and O–H groups in total. The second-order valence-electron chi connectivity index (χ2n) is 7.44. The maximum Gasteiger partial charge on any atom is 0.264 e. The van der Waals surface area contributed by atoms with Crippen LogP contribution in [0.1, 0.15) is 15.9 Å². The van der Waals surface area contributed by atoms with Gasteiger partial charge in [0.2, 0.25) is 0 Å². The summed E-state index contributed by atoms with van der Waals surface area (Å²) in [4.78, 5) is 27.2. The Balaban J connectivity index is 1.54. The maximum absolute atomic E-state index is 13.0. The van der Waals surface area contributed by atoms with Gasteiger partial charge in [0.15, 0.2) is 6.61 Å². The zero-order chi connectivity index (χ0) is 22.3. The van der Waals surface area contributed by atoms with Gasteiger partial charge in [0.05, 0.1) is 5.56 Å². The first-order valence-electron chi connectivity index (χ1n) is 10.4. The summed E-state index contributed by atoms with van der Waals surface area (Å²) >= 11 is 0. The van der Waals surface area contributed by atoms with Gasteiger partial charge < -0.3 is 15.0 Å². The van der Waals surface area contributed by atoms with E-state index >= 15 is 0 Å². The highest BCUT2D eigenvalue weighted by molar-refractivity contribution is 6.02. The minimum Gasteiger partial charge on any atom is -0.483 e. The number of carbonyl (C=O) groups excluding carboxylic acids is 2. The first kappa shape index (κ1) is 21.1. The number of likely N-dealkylation sites (N-methyl/N-ethyl adjacent to an activating group) is 1. The van der Waals surface area contributed by atoms with Crippen molar-refractivity contribution >= 4 is 28.3 Å². The van der Waals surface area contributed by atoms with Crippen molar-refractivity contribution in [1.82, 2.24) is 5.32 Å². The largest absolute Gasteiger partial charge is 0.483 e. The van der Waals surface area contributed by atoms with E-state index in [1.165, 1.54) is 4.90 Å². The monoisotopic (exact) mass is 424 g/mol. The molecule has 0 atom stereocenters. The predicted molar refractivity (Wildman–Crippen MR) is 127 cm³/mol. The molecule has 0 bridgehead atoms. The van der Waals surface area contributed by atoms with Gasteiger partial charge in [-0.1, -0.05) is 72.8 Å². The number of benzene rings is 4. The molecule has 0 aliphatic heterocycles. The summed E-state index contributed by atoms with van der Waals surface area (Å²) in [5.41, 5.74) is 2.18. The van der Waals surface area contributed by atoms with E-state index in [9.17, 15) is 9.59 Å². The zero-order valence-electron chi connectivity index (χ0n) is 17.8. The van der Waals surface area contributed by atoms with Gasteiger partial charge in [0.1, 0.15) is 5.75 Å². The fourth-order valence-corrected chi connectivity index (χ4v) is 3.42. The number of nitrogens with zero attached hydrogens (tertiary/aromatic N) is 1. The molecule has 0 aliphatic rings. The Hall–Kier alpha value is -4.12. The molecular weight excluding hydrogens is 400 g/mol. The van der Waals surface area contributed by atoms with E-state index in [1.54, 1.807) is 13.1 Å². The molecule has 0 aromatic heterocycles. The van der Waals surface area contributed by atoms with Crippen LogP contribution in [0.25, 0.3) is 10.8 Å². The molecule has 32 heavy (non-hydrogen) atoms. The van der Waals surface area contributed by atoms with Crippen molar-refractivity contribution < 1.29 is 14.3 Å². The second-order valence-corrected chi connectivity index (χ2v) is 7.44. The third kappa shape index (κ3) is 4.95. The lowest BCUT2D eigenvalue weighted by atomic mass is 10.1. The van der Waals surface area contributed by atoms with Gasteiger partial charge in [-0.25, -0.2) is 0 Å². The van der Waals surface area contributed by atoms with E-state index in [0.29, 0.717) is 17.9 Å². The molecule has 0 saturated heterocycles. The van der Waals surface area contributed by atoms with Gasteiger partial charge in [0, 0.05) is 19.3 Å². The van der Waals surface area contributed by atoms with Crippen LogP contribution >= 0.6 is 0 Å². The van der Waals surface area contributed by atoms with Gasteiger partial charge >= 0.3 is 0 Å². The van der Waals surface area contributed by atoms with E-state index in [2.05, 4.69) is 5.32 Å². The summed E-state index contributed by atoms with van der Waals surface area (Å²) in [6.07, 6.45) is 0. The molecule has 4 aromatic rings. The lowest BCUT2D eigenvalue weighted by molar-refractivity contribution is -0.120. The molecule has 0 spiro atoms. The molecule has 0 fully saturated rings. The molecule has 0 aliphatic carbocycles. The minimum atomic E-state index is -0.251. The molecular formula is C27H24N2O3. The highest BCUT2D eigenvalue weighted by atomic mass is 16.5. The quantitative estimate of drug-likeness (QED) is 0.463. The Kier molecular flexibility index (Phi) is 6.46. The summed E-state index contributed by atoms with van der Waals surface area (Å²) in [6, 6.07) is 30.4. The van der Waals surface area contributed by atoms with Crippen molar-refractivity contribution in [2.75, 3.05) is 18.6 Å². The summed E-state index contributed by atoms with van der Waals surface area (Å²) in [5, 5.41) is 4.81. The van der Waals surface area contributed by atoms with Crippen LogP contribution in [0.15, 0.2) is 97.1 Å². The zero-order valence-corrected chi connectivity index (χ0v) is 17.8. The van der Waals surface area contributed by atoms with Crippen molar-refractivity contribution in [2.45, 2.75) is 6.54 Å². The minimum absolute atomic E-state index is 0.178. The number of anilines is 1. The molecule has 0 saturated carbocycles. The van der Waals surface area contributed by atoms with E-state index in [-0.39, 0.29) is 18.4 Å². The van der Waals surface area contributed by atoms with Crippen molar-refractivity contribution in [3.05, 3.63) is 108 Å². The van der Waals surface area contributed by atoms with Crippen molar-refractivity contribution in [3.8, 4) is 5.75 Å². The van der Waals surface area contributed by atoms with Crippen LogP contribution in [-0.2, 0) is 11.3 Å². The number of fused-ring (bicyclic) bond motifs is 1. The van der Waals surface area contributed by atoms with Gasteiger partial charge in [-0.15, -0.1) is 0 Å². The Morgan fingerprint density at radius 3 is 2.09 bits per heavy atom.